The second-order valence-corrected chi connectivity index (χ2v) is 4.41. The van der Waals surface area contributed by atoms with E-state index in [0.717, 1.165) is 10.6 Å². The highest BCUT2D eigenvalue weighted by atomic mass is 16.7. The van der Waals surface area contributed by atoms with Gasteiger partial charge in [0.1, 0.15) is 6.61 Å². The van der Waals surface area contributed by atoms with Crippen molar-refractivity contribution in [2.75, 3.05) is 7.11 Å². The molecule has 1 saturated heterocycles. The molecule has 1 amide bonds. The summed E-state index contributed by atoms with van der Waals surface area (Å²) in [5, 5.41) is 1.13. The molecule has 2 atom stereocenters. The largest absolute Gasteiger partial charge is 0.467 e. The summed E-state index contributed by atoms with van der Waals surface area (Å²) < 4.78 is 4.70. The Morgan fingerprint density at radius 1 is 1.32 bits per heavy atom. The zero-order valence-electron chi connectivity index (χ0n) is 11.0. The van der Waals surface area contributed by atoms with E-state index in [9.17, 15) is 9.59 Å². The van der Waals surface area contributed by atoms with Gasteiger partial charge in [0.2, 0.25) is 0 Å². The van der Waals surface area contributed by atoms with Gasteiger partial charge in [0, 0.05) is 0 Å². The molecule has 1 heterocycles. The first-order valence-electron chi connectivity index (χ1n) is 6.26. The van der Waals surface area contributed by atoms with Crippen LogP contribution in [0, 0.1) is 5.92 Å². The molecule has 0 radical (unpaired) electrons. The molecule has 1 aliphatic rings. The van der Waals surface area contributed by atoms with Crippen LogP contribution in [0.2, 0.25) is 0 Å². The zero-order chi connectivity index (χ0) is 13.8. The summed E-state index contributed by atoms with van der Waals surface area (Å²) in [6, 6.07) is 8.87. The third-order valence-corrected chi connectivity index (χ3v) is 3.26. The molecule has 1 aromatic rings. The Kier molecular flexibility index (Phi) is 4.16. The Balaban J connectivity index is 1.99. The Labute approximate surface area is 112 Å². The molecule has 102 valence electrons. The van der Waals surface area contributed by atoms with Gasteiger partial charge in [-0.15, -0.1) is 0 Å². The van der Waals surface area contributed by atoms with Gasteiger partial charge in [-0.25, -0.2) is 9.86 Å². The number of β-lactam (4-membered cyclic amide) rings is 1. The molecule has 1 fully saturated rings. The summed E-state index contributed by atoms with van der Waals surface area (Å²) in [7, 11) is 1.31. The lowest BCUT2D eigenvalue weighted by molar-refractivity contribution is -0.251. The predicted octanol–water partition coefficient (Wildman–Crippen LogP) is 1.53. The van der Waals surface area contributed by atoms with E-state index in [4.69, 9.17) is 9.57 Å². The highest BCUT2D eigenvalue weighted by Crippen LogP contribution is 2.31. The average molecular weight is 263 g/mol. The minimum absolute atomic E-state index is 0.158. The van der Waals surface area contributed by atoms with Crippen molar-refractivity contribution in [3.05, 3.63) is 35.9 Å². The van der Waals surface area contributed by atoms with Crippen LogP contribution < -0.4 is 0 Å². The van der Waals surface area contributed by atoms with Crippen molar-refractivity contribution in [1.29, 1.82) is 0 Å². The van der Waals surface area contributed by atoms with Crippen molar-refractivity contribution in [2.24, 2.45) is 5.92 Å². The van der Waals surface area contributed by atoms with Crippen LogP contribution in [-0.2, 0) is 25.8 Å². The molecule has 2 unspecified atom stereocenters. The lowest BCUT2D eigenvalue weighted by Crippen LogP contribution is -2.63. The molecule has 0 aromatic heterocycles. The number of hydroxylamine groups is 2. The fourth-order valence-corrected chi connectivity index (χ4v) is 2.16. The molecule has 1 aliphatic heterocycles. The van der Waals surface area contributed by atoms with Gasteiger partial charge in [-0.05, 0) is 12.0 Å². The second-order valence-electron chi connectivity index (χ2n) is 4.41. The van der Waals surface area contributed by atoms with E-state index in [2.05, 4.69) is 0 Å². The van der Waals surface area contributed by atoms with Crippen LogP contribution >= 0.6 is 0 Å². The lowest BCUT2D eigenvalue weighted by Gasteiger charge is -2.43. The zero-order valence-corrected chi connectivity index (χ0v) is 11.0. The quantitative estimate of drug-likeness (QED) is 0.597. The van der Waals surface area contributed by atoms with E-state index < -0.39 is 12.0 Å². The van der Waals surface area contributed by atoms with Crippen LogP contribution in [0.25, 0.3) is 0 Å². The van der Waals surface area contributed by atoms with Crippen LogP contribution in [0.15, 0.2) is 30.3 Å². The van der Waals surface area contributed by atoms with E-state index >= 15 is 0 Å². The van der Waals surface area contributed by atoms with Gasteiger partial charge in [0.15, 0.2) is 6.04 Å². The minimum Gasteiger partial charge on any atom is -0.467 e. The molecule has 5 heteroatoms. The maximum absolute atomic E-state index is 11.8. The summed E-state index contributed by atoms with van der Waals surface area (Å²) in [4.78, 5) is 28.9. The Bertz CT molecular complexity index is 460. The van der Waals surface area contributed by atoms with Crippen LogP contribution in [0.5, 0.6) is 0 Å². The van der Waals surface area contributed by atoms with Crippen molar-refractivity contribution in [3.63, 3.8) is 0 Å². The number of rotatable bonds is 5. The molecule has 0 saturated carbocycles. The first-order chi connectivity index (χ1) is 9.19. The number of carbonyl (C=O) groups is 2. The van der Waals surface area contributed by atoms with E-state index in [1.807, 2.05) is 37.3 Å². The monoisotopic (exact) mass is 263 g/mol. The SMILES string of the molecule is CCC1C(=O)N(OCc2ccccc2)C1C(=O)OC. The van der Waals surface area contributed by atoms with Gasteiger partial charge in [-0.3, -0.25) is 9.63 Å². The maximum Gasteiger partial charge on any atom is 0.332 e. The summed E-state index contributed by atoms with van der Waals surface area (Å²) in [5.74, 6) is -0.920. The molecule has 0 spiro atoms. The number of ether oxygens (including phenoxy) is 1. The number of hydrogen-bond acceptors (Lipinski definition) is 4. The first kappa shape index (κ1) is 13.5. The van der Waals surface area contributed by atoms with E-state index in [1.165, 1.54) is 7.11 Å². The maximum atomic E-state index is 11.8. The molecule has 0 aliphatic carbocycles. The average Bonchev–Trinajstić information content (AvgIpc) is 2.45. The number of carbonyl (C=O) groups excluding carboxylic acids is 2. The number of methoxy groups -OCH3 is 1. The van der Waals surface area contributed by atoms with Crippen LogP contribution in [0.1, 0.15) is 18.9 Å². The van der Waals surface area contributed by atoms with Crippen molar-refractivity contribution in [2.45, 2.75) is 26.0 Å². The third-order valence-electron chi connectivity index (χ3n) is 3.26. The minimum atomic E-state index is -0.619. The summed E-state index contributed by atoms with van der Waals surface area (Å²) >= 11 is 0. The molecule has 0 N–H and O–H groups in total. The first-order valence-corrected chi connectivity index (χ1v) is 6.26. The highest BCUT2D eigenvalue weighted by Gasteiger charge is 2.52. The predicted molar refractivity (Wildman–Crippen MR) is 67.7 cm³/mol. The van der Waals surface area contributed by atoms with E-state index in [0.29, 0.717) is 6.42 Å². The van der Waals surface area contributed by atoms with Crippen LogP contribution in [-0.4, -0.2) is 30.1 Å². The van der Waals surface area contributed by atoms with Crippen molar-refractivity contribution in [3.8, 4) is 0 Å². The highest BCUT2D eigenvalue weighted by molar-refractivity contribution is 5.96. The third kappa shape index (κ3) is 2.61. The molecule has 0 bridgehead atoms. The Morgan fingerprint density at radius 3 is 2.58 bits per heavy atom. The molecule has 2 rings (SSSR count). The summed E-state index contributed by atoms with van der Waals surface area (Å²) in [5.41, 5.74) is 0.943. The molecule has 5 nitrogen and oxygen atoms in total. The van der Waals surface area contributed by atoms with E-state index in [-0.39, 0.29) is 18.4 Å². The van der Waals surface area contributed by atoms with Crippen LogP contribution in [0.4, 0.5) is 0 Å². The summed E-state index contributed by atoms with van der Waals surface area (Å²) in [6.45, 7) is 2.13. The fraction of sp³-hybridized carbons (Fsp3) is 0.429. The smallest absolute Gasteiger partial charge is 0.332 e. The van der Waals surface area contributed by atoms with Crippen molar-refractivity contribution in [1.82, 2.24) is 5.06 Å². The van der Waals surface area contributed by atoms with Crippen LogP contribution in [0.3, 0.4) is 0 Å². The van der Waals surface area contributed by atoms with Gasteiger partial charge in [0.05, 0.1) is 13.0 Å². The Hall–Kier alpha value is -1.88. The summed E-state index contributed by atoms with van der Waals surface area (Å²) in [6.07, 6.45) is 0.601. The van der Waals surface area contributed by atoms with Crippen molar-refractivity contribution < 1.29 is 19.2 Å². The number of benzene rings is 1. The number of hydrogen-bond donors (Lipinski definition) is 0. The van der Waals surface area contributed by atoms with Gasteiger partial charge >= 0.3 is 5.97 Å². The van der Waals surface area contributed by atoms with Crippen molar-refractivity contribution >= 4 is 11.9 Å². The lowest BCUT2D eigenvalue weighted by atomic mass is 9.87. The number of amides is 1. The number of nitrogens with zero attached hydrogens (tertiary/aromatic N) is 1. The second kappa shape index (κ2) is 5.84. The molecule has 1 aromatic carbocycles. The van der Waals surface area contributed by atoms with Gasteiger partial charge in [-0.2, -0.15) is 0 Å². The normalized spacial score (nSPS) is 22.0. The van der Waals surface area contributed by atoms with Gasteiger partial charge in [-0.1, -0.05) is 37.3 Å². The molecular weight excluding hydrogens is 246 g/mol. The van der Waals surface area contributed by atoms with Gasteiger partial charge in [0.25, 0.3) is 5.91 Å². The molecule has 19 heavy (non-hydrogen) atoms. The standard InChI is InChI=1S/C14H17NO4/c1-3-11-12(14(17)18-2)15(13(11)16)19-9-10-7-5-4-6-8-10/h4-8,11-12H,3,9H2,1-2H3. The molecular formula is C14H17NO4. The Morgan fingerprint density at radius 2 is 2.00 bits per heavy atom. The fourth-order valence-electron chi connectivity index (χ4n) is 2.16. The van der Waals surface area contributed by atoms with Gasteiger partial charge < -0.3 is 4.74 Å². The van der Waals surface area contributed by atoms with E-state index in [1.54, 1.807) is 0 Å². The number of esters is 1. The topological polar surface area (TPSA) is 55.8 Å².